The molecule has 88 valence electrons. The average molecular weight is 284 g/mol. The molecule has 0 unspecified atom stereocenters. The molecular formula is C12H18BrN3. The molecule has 1 aliphatic carbocycles. The predicted molar refractivity (Wildman–Crippen MR) is 71.6 cm³/mol. The highest BCUT2D eigenvalue weighted by atomic mass is 79.9. The second-order valence-corrected chi connectivity index (χ2v) is 5.46. The van der Waals surface area contributed by atoms with Crippen LogP contribution in [0.5, 0.6) is 0 Å². The lowest BCUT2D eigenvalue weighted by molar-refractivity contribution is 0.545. The third-order valence-corrected chi connectivity index (χ3v) is 3.79. The Labute approximate surface area is 105 Å². The number of nitrogens with two attached hydrogens (primary N) is 1. The lowest BCUT2D eigenvalue weighted by Crippen LogP contribution is -2.25. The molecule has 0 amide bonds. The molecule has 0 bridgehead atoms. The molecule has 0 aromatic carbocycles. The fourth-order valence-corrected chi connectivity index (χ4v) is 3.06. The van der Waals surface area contributed by atoms with Crippen LogP contribution in [0.4, 0.5) is 11.5 Å². The molecule has 3 nitrogen and oxygen atoms in total. The zero-order chi connectivity index (χ0) is 11.5. The molecule has 2 N–H and O–H groups in total. The smallest absolute Gasteiger partial charge is 0.142 e. The second kappa shape index (κ2) is 5.04. The van der Waals surface area contributed by atoms with Gasteiger partial charge in [0.25, 0.3) is 0 Å². The van der Waals surface area contributed by atoms with Crippen molar-refractivity contribution in [1.29, 1.82) is 0 Å². The second-order valence-electron chi connectivity index (χ2n) is 4.61. The van der Waals surface area contributed by atoms with E-state index in [1.165, 1.54) is 25.7 Å². The lowest BCUT2D eigenvalue weighted by atomic mass is 10.1. The Morgan fingerprint density at radius 1 is 1.50 bits per heavy atom. The van der Waals surface area contributed by atoms with Gasteiger partial charge in [-0.3, -0.25) is 0 Å². The quantitative estimate of drug-likeness (QED) is 0.927. The van der Waals surface area contributed by atoms with Gasteiger partial charge in [0.05, 0.1) is 16.4 Å². The van der Waals surface area contributed by atoms with E-state index in [0.717, 1.165) is 22.8 Å². The standard InChI is InChI=1S/C12H18BrN3/c1-16(8-9-4-2-3-5-9)12-11(13)6-10(14)7-15-12/h6-7,9H,2-5,8,14H2,1H3. The number of halogens is 1. The van der Waals surface area contributed by atoms with Crippen molar-refractivity contribution in [2.24, 2.45) is 5.92 Å². The number of anilines is 2. The Bertz CT molecular complexity index is 361. The molecule has 0 radical (unpaired) electrons. The monoisotopic (exact) mass is 283 g/mol. The first kappa shape index (κ1) is 11.7. The summed E-state index contributed by atoms with van der Waals surface area (Å²) in [5.74, 6) is 1.82. The minimum atomic E-state index is 0.699. The molecule has 16 heavy (non-hydrogen) atoms. The van der Waals surface area contributed by atoms with E-state index in [4.69, 9.17) is 5.73 Å². The van der Waals surface area contributed by atoms with Crippen LogP contribution < -0.4 is 10.6 Å². The molecule has 1 saturated carbocycles. The summed E-state index contributed by atoms with van der Waals surface area (Å²) in [6, 6.07) is 1.91. The van der Waals surface area contributed by atoms with Gasteiger partial charge >= 0.3 is 0 Å². The van der Waals surface area contributed by atoms with Crippen LogP contribution in [-0.2, 0) is 0 Å². The normalized spacial score (nSPS) is 16.6. The number of nitrogens with zero attached hydrogens (tertiary/aromatic N) is 2. The molecule has 0 saturated heterocycles. The van der Waals surface area contributed by atoms with Crippen LogP contribution in [-0.4, -0.2) is 18.6 Å². The first-order valence-corrected chi connectivity index (χ1v) is 6.58. The van der Waals surface area contributed by atoms with Gasteiger partial charge in [0.2, 0.25) is 0 Å². The number of rotatable bonds is 3. The highest BCUT2D eigenvalue weighted by Crippen LogP contribution is 2.29. The van der Waals surface area contributed by atoms with Crippen molar-refractivity contribution in [3.05, 3.63) is 16.7 Å². The van der Waals surface area contributed by atoms with Gasteiger partial charge < -0.3 is 10.6 Å². The van der Waals surface area contributed by atoms with E-state index < -0.39 is 0 Å². The van der Waals surface area contributed by atoms with E-state index in [1.54, 1.807) is 6.20 Å². The third kappa shape index (κ3) is 2.67. The molecule has 0 atom stereocenters. The van der Waals surface area contributed by atoms with Gasteiger partial charge in [-0.25, -0.2) is 4.98 Å². The Morgan fingerprint density at radius 3 is 2.81 bits per heavy atom. The van der Waals surface area contributed by atoms with Gasteiger partial charge in [0, 0.05) is 13.6 Å². The highest BCUT2D eigenvalue weighted by Gasteiger charge is 2.18. The number of hydrogen-bond acceptors (Lipinski definition) is 3. The van der Waals surface area contributed by atoms with Crippen molar-refractivity contribution in [2.45, 2.75) is 25.7 Å². The Hall–Kier alpha value is -0.770. The predicted octanol–water partition coefficient (Wildman–Crippen LogP) is 3.05. The van der Waals surface area contributed by atoms with Crippen molar-refractivity contribution < 1.29 is 0 Å². The topological polar surface area (TPSA) is 42.2 Å². The van der Waals surface area contributed by atoms with Crippen LogP contribution >= 0.6 is 15.9 Å². The SMILES string of the molecule is CN(CC1CCCC1)c1ncc(N)cc1Br. The molecular weight excluding hydrogens is 266 g/mol. The summed E-state index contributed by atoms with van der Waals surface area (Å²) < 4.78 is 0.980. The zero-order valence-electron chi connectivity index (χ0n) is 9.62. The van der Waals surface area contributed by atoms with Gasteiger partial charge in [-0.15, -0.1) is 0 Å². The minimum Gasteiger partial charge on any atom is -0.397 e. The van der Waals surface area contributed by atoms with Crippen LogP contribution in [0, 0.1) is 5.92 Å². The van der Waals surface area contributed by atoms with Crippen LogP contribution in [0.15, 0.2) is 16.7 Å². The third-order valence-electron chi connectivity index (χ3n) is 3.21. The van der Waals surface area contributed by atoms with E-state index >= 15 is 0 Å². The van der Waals surface area contributed by atoms with Gasteiger partial charge in [-0.1, -0.05) is 12.8 Å². The Balaban J connectivity index is 2.04. The maximum absolute atomic E-state index is 5.68. The zero-order valence-corrected chi connectivity index (χ0v) is 11.2. The number of nitrogen functional groups attached to an aromatic ring is 1. The molecule has 4 heteroatoms. The van der Waals surface area contributed by atoms with Crippen molar-refractivity contribution in [1.82, 2.24) is 4.98 Å². The molecule has 1 fully saturated rings. The van der Waals surface area contributed by atoms with Crippen molar-refractivity contribution in [3.8, 4) is 0 Å². The van der Waals surface area contributed by atoms with Gasteiger partial charge in [-0.2, -0.15) is 0 Å². The lowest BCUT2D eigenvalue weighted by Gasteiger charge is -2.23. The number of hydrogen-bond donors (Lipinski definition) is 1. The Morgan fingerprint density at radius 2 is 2.19 bits per heavy atom. The molecule has 1 aromatic heterocycles. The van der Waals surface area contributed by atoms with E-state index in [1.807, 2.05) is 6.07 Å². The minimum absolute atomic E-state index is 0.699. The molecule has 2 rings (SSSR count). The van der Waals surface area contributed by atoms with E-state index in [-0.39, 0.29) is 0 Å². The van der Waals surface area contributed by atoms with Crippen LogP contribution in [0.3, 0.4) is 0 Å². The highest BCUT2D eigenvalue weighted by molar-refractivity contribution is 9.10. The molecule has 1 aromatic rings. The fourth-order valence-electron chi connectivity index (χ4n) is 2.39. The molecule has 0 aliphatic heterocycles. The summed E-state index contributed by atoms with van der Waals surface area (Å²) in [6.07, 6.45) is 7.20. The average Bonchev–Trinajstić information content (AvgIpc) is 2.70. The summed E-state index contributed by atoms with van der Waals surface area (Å²) in [5.41, 5.74) is 6.38. The summed E-state index contributed by atoms with van der Waals surface area (Å²) in [7, 11) is 2.10. The summed E-state index contributed by atoms with van der Waals surface area (Å²) >= 11 is 3.51. The number of pyridine rings is 1. The largest absolute Gasteiger partial charge is 0.397 e. The van der Waals surface area contributed by atoms with E-state index in [9.17, 15) is 0 Å². The van der Waals surface area contributed by atoms with Gasteiger partial charge in [-0.05, 0) is 40.8 Å². The molecule has 0 spiro atoms. The summed E-state index contributed by atoms with van der Waals surface area (Å²) in [5, 5.41) is 0. The van der Waals surface area contributed by atoms with E-state index in [2.05, 4.69) is 32.9 Å². The first-order chi connectivity index (χ1) is 7.66. The van der Waals surface area contributed by atoms with E-state index in [0.29, 0.717) is 5.69 Å². The Kier molecular flexibility index (Phi) is 3.69. The van der Waals surface area contributed by atoms with Gasteiger partial charge in [0.15, 0.2) is 0 Å². The maximum atomic E-state index is 5.68. The van der Waals surface area contributed by atoms with Gasteiger partial charge in [0.1, 0.15) is 5.82 Å². The molecule has 1 heterocycles. The first-order valence-electron chi connectivity index (χ1n) is 5.79. The summed E-state index contributed by atoms with van der Waals surface area (Å²) in [6.45, 7) is 1.09. The van der Waals surface area contributed by atoms with Crippen LogP contribution in [0.2, 0.25) is 0 Å². The summed E-state index contributed by atoms with van der Waals surface area (Å²) in [4.78, 5) is 6.60. The van der Waals surface area contributed by atoms with Crippen molar-refractivity contribution >= 4 is 27.4 Å². The van der Waals surface area contributed by atoms with Crippen LogP contribution in [0.25, 0.3) is 0 Å². The number of aromatic nitrogens is 1. The molecule has 1 aliphatic rings. The van der Waals surface area contributed by atoms with Crippen molar-refractivity contribution in [3.63, 3.8) is 0 Å². The van der Waals surface area contributed by atoms with Crippen molar-refractivity contribution in [2.75, 3.05) is 24.2 Å². The fraction of sp³-hybridized carbons (Fsp3) is 0.583. The van der Waals surface area contributed by atoms with Crippen LogP contribution in [0.1, 0.15) is 25.7 Å². The maximum Gasteiger partial charge on any atom is 0.142 e.